The Morgan fingerprint density at radius 2 is 2.00 bits per heavy atom. The van der Waals surface area contributed by atoms with Crippen molar-refractivity contribution in [2.75, 3.05) is 38.2 Å². The first-order valence-corrected chi connectivity index (χ1v) is 15.5. The van der Waals surface area contributed by atoms with Crippen molar-refractivity contribution in [2.24, 2.45) is 0 Å². The molecule has 0 atom stereocenters. The van der Waals surface area contributed by atoms with E-state index in [0.717, 1.165) is 18.7 Å². The number of rotatable bonds is 7. The SMILES string of the molecule is Cc1nc2c(N3CCN(C)CC3(C)C)ncc(C#N)c2c(=O)n1CCOc1ccc(Cl)cc1-c1ccnc2c(C(=O)O)csc12. The zero-order valence-electron chi connectivity index (χ0n) is 25.2. The summed E-state index contributed by atoms with van der Waals surface area (Å²) in [6.45, 7) is 8.68. The summed E-state index contributed by atoms with van der Waals surface area (Å²) in [6, 6.07) is 9.13. The minimum atomic E-state index is -1.05. The van der Waals surface area contributed by atoms with Crippen molar-refractivity contribution in [3.8, 4) is 22.9 Å². The lowest BCUT2D eigenvalue weighted by Gasteiger charge is -2.47. The average molecular weight is 644 g/mol. The van der Waals surface area contributed by atoms with Crippen molar-refractivity contribution in [1.29, 1.82) is 5.26 Å². The van der Waals surface area contributed by atoms with Gasteiger partial charge >= 0.3 is 5.97 Å². The average Bonchev–Trinajstić information content (AvgIpc) is 3.44. The Hall–Kier alpha value is -4.57. The zero-order valence-corrected chi connectivity index (χ0v) is 26.7. The largest absolute Gasteiger partial charge is 0.491 e. The Morgan fingerprint density at radius 3 is 2.73 bits per heavy atom. The maximum absolute atomic E-state index is 13.9. The molecule has 0 amide bonds. The summed E-state index contributed by atoms with van der Waals surface area (Å²) in [5.74, 6) is 0.541. The molecule has 0 aliphatic carbocycles. The van der Waals surface area contributed by atoms with Gasteiger partial charge in [0.15, 0.2) is 5.82 Å². The number of aromatic carboxylic acids is 1. The lowest BCUT2D eigenvalue weighted by molar-refractivity contribution is 0.0699. The molecule has 1 fully saturated rings. The number of aromatic nitrogens is 4. The standard InChI is InChI=1S/C32H30ClN7O4S/c1-18-37-27-25(19(14-34)15-36-29(27)40-10-9-38(4)17-32(40,2)3)30(41)39(18)11-12-44-24-6-5-20(33)13-22(24)21-7-8-35-26-23(31(42)43)16-45-28(21)26/h5-8,13,15-16H,9-12,17H2,1-4H3,(H,42,43). The second kappa shape index (κ2) is 11.7. The number of hydrogen-bond acceptors (Lipinski definition) is 10. The molecule has 5 heterocycles. The molecule has 1 aromatic carbocycles. The fourth-order valence-corrected chi connectivity index (χ4v) is 7.24. The molecule has 1 aliphatic rings. The highest BCUT2D eigenvalue weighted by Crippen LogP contribution is 2.39. The number of anilines is 1. The second-order valence-corrected chi connectivity index (χ2v) is 12.9. The molecular formula is C32H30ClN7O4S. The quantitative estimate of drug-likeness (QED) is 0.252. The van der Waals surface area contributed by atoms with Crippen LogP contribution in [0.2, 0.25) is 5.02 Å². The topological polar surface area (TPSA) is 137 Å². The number of halogens is 1. The summed E-state index contributed by atoms with van der Waals surface area (Å²) >= 11 is 7.66. The van der Waals surface area contributed by atoms with Gasteiger partial charge in [0.25, 0.3) is 5.56 Å². The number of pyridine rings is 2. The molecule has 230 valence electrons. The van der Waals surface area contributed by atoms with Crippen molar-refractivity contribution in [2.45, 2.75) is 32.9 Å². The molecule has 1 N–H and O–H groups in total. The van der Waals surface area contributed by atoms with Crippen molar-refractivity contribution < 1.29 is 14.6 Å². The number of piperazine rings is 1. The van der Waals surface area contributed by atoms with Crippen LogP contribution in [0.1, 0.15) is 35.6 Å². The Labute approximate surface area is 267 Å². The number of likely N-dealkylation sites (N-methyl/N-ethyl adjacent to an activating group) is 1. The number of carboxylic acid groups (broad SMARTS) is 1. The van der Waals surface area contributed by atoms with E-state index in [-0.39, 0.29) is 40.8 Å². The predicted octanol–water partition coefficient (Wildman–Crippen LogP) is 5.21. The van der Waals surface area contributed by atoms with Crippen LogP contribution in [0, 0.1) is 18.3 Å². The van der Waals surface area contributed by atoms with E-state index in [9.17, 15) is 20.0 Å². The van der Waals surface area contributed by atoms with Crippen molar-refractivity contribution >= 4 is 55.8 Å². The van der Waals surface area contributed by atoms with Gasteiger partial charge in [0.1, 0.15) is 29.8 Å². The molecule has 1 saturated heterocycles. The Morgan fingerprint density at radius 1 is 1.20 bits per heavy atom. The number of carbonyl (C=O) groups is 1. The highest BCUT2D eigenvalue weighted by molar-refractivity contribution is 7.18. The molecule has 0 saturated carbocycles. The Balaban J connectivity index is 1.34. The van der Waals surface area contributed by atoms with Gasteiger partial charge in [-0.3, -0.25) is 14.3 Å². The Kier molecular flexibility index (Phi) is 7.95. The minimum Gasteiger partial charge on any atom is -0.491 e. The van der Waals surface area contributed by atoms with Gasteiger partial charge in [-0.1, -0.05) is 11.6 Å². The van der Waals surface area contributed by atoms with Gasteiger partial charge in [-0.2, -0.15) is 5.26 Å². The fourth-order valence-electron chi connectivity index (χ4n) is 6.04. The predicted molar refractivity (Wildman–Crippen MR) is 175 cm³/mol. The van der Waals surface area contributed by atoms with E-state index in [2.05, 4.69) is 46.7 Å². The second-order valence-electron chi connectivity index (χ2n) is 11.6. The van der Waals surface area contributed by atoms with Gasteiger partial charge in [0, 0.05) is 59.1 Å². The van der Waals surface area contributed by atoms with Crippen LogP contribution in [0.5, 0.6) is 5.75 Å². The molecule has 5 aromatic rings. The van der Waals surface area contributed by atoms with Crippen molar-refractivity contribution in [3.63, 3.8) is 0 Å². The molecular weight excluding hydrogens is 614 g/mol. The van der Waals surface area contributed by atoms with Crippen LogP contribution in [0.25, 0.3) is 32.2 Å². The number of thiophene rings is 1. The summed E-state index contributed by atoms with van der Waals surface area (Å²) in [5.41, 5.74) is 1.94. The third kappa shape index (κ3) is 5.48. The van der Waals surface area contributed by atoms with Crippen LogP contribution in [0.3, 0.4) is 0 Å². The van der Waals surface area contributed by atoms with E-state index in [4.69, 9.17) is 21.3 Å². The lowest BCUT2D eigenvalue weighted by Crippen LogP contribution is -2.58. The molecule has 0 spiro atoms. The van der Waals surface area contributed by atoms with Crippen LogP contribution in [-0.2, 0) is 6.54 Å². The van der Waals surface area contributed by atoms with Crippen LogP contribution in [0.15, 0.2) is 46.8 Å². The number of nitriles is 1. The van der Waals surface area contributed by atoms with Crippen LogP contribution in [0.4, 0.5) is 5.82 Å². The monoisotopic (exact) mass is 643 g/mol. The number of aryl methyl sites for hydroxylation is 1. The van der Waals surface area contributed by atoms with Gasteiger partial charge in [-0.05, 0) is 52.1 Å². The van der Waals surface area contributed by atoms with E-state index in [1.807, 2.05) is 0 Å². The third-order valence-electron chi connectivity index (χ3n) is 8.12. The summed E-state index contributed by atoms with van der Waals surface area (Å²) in [7, 11) is 2.08. The maximum atomic E-state index is 13.9. The van der Waals surface area contributed by atoms with Crippen LogP contribution >= 0.6 is 22.9 Å². The molecule has 1 aliphatic heterocycles. The smallest absolute Gasteiger partial charge is 0.338 e. The van der Waals surface area contributed by atoms with Crippen molar-refractivity contribution in [3.05, 3.63) is 74.4 Å². The first-order chi connectivity index (χ1) is 21.5. The maximum Gasteiger partial charge on any atom is 0.338 e. The van der Waals surface area contributed by atoms with Gasteiger partial charge < -0.3 is 19.6 Å². The first-order valence-electron chi connectivity index (χ1n) is 14.3. The summed E-state index contributed by atoms with van der Waals surface area (Å²) in [4.78, 5) is 43.8. The van der Waals surface area contributed by atoms with Crippen molar-refractivity contribution in [1.82, 2.24) is 24.4 Å². The number of benzene rings is 1. The third-order valence-corrected chi connectivity index (χ3v) is 9.35. The van der Waals surface area contributed by atoms with Gasteiger partial charge in [0.2, 0.25) is 0 Å². The van der Waals surface area contributed by atoms with E-state index in [1.165, 1.54) is 22.1 Å². The number of ether oxygens (including phenoxy) is 1. The minimum absolute atomic E-state index is 0.118. The summed E-state index contributed by atoms with van der Waals surface area (Å²) in [6.07, 6.45) is 3.02. The fraction of sp³-hybridized carbons (Fsp3) is 0.312. The molecule has 0 unspecified atom stereocenters. The van der Waals surface area contributed by atoms with E-state index < -0.39 is 5.97 Å². The van der Waals surface area contributed by atoms with E-state index >= 15 is 0 Å². The molecule has 6 rings (SSSR count). The molecule has 11 nitrogen and oxygen atoms in total. The van der Waals surface area contributed by atoms with Crippen LogP contribution < -0.4 is 15.2 Å². The lowest BCUT2D eigenvalue weighted by atomic mass is 9.98. The normalized spacial score (nSPS) is 15.0. The molecule has 0 radical (unpaired) electrons. The number of fused-ring (bicyclic) bond motifs is 2. The van der Waals surface area contributed by atoms with E-state index in [0.29, 0.717) is 50.3 Å². The zero-order chi connectivity index (χ0) is 32.0. The van der Waals surface area contributed by atoms with Gasteiger partial charge in [-0.15, -0.1) is 11.3 Å². The van der Waals surface area contributed by atoms with Gasteiger partial charge in [0.05, 0.1) is 33.3 Å². The van der Waals surface area contributed by atoms with E-state index in [1.54, 1.807) is 42.8 Å². The number of carboxylic acids is 1. The first kappa shape index (κ1) is 30.5. The molecule has 45 heavy (non-hydrogen) atoms. The van der Waals surface area contributed by atoms with Crippen LogP contribution in [-0.4, -0.2) is 74.3 Å². The number of hydrogen-bond donors (Lipinski definition) is 1. The Bertz CT molecular complexity index is 2080. The van der Waals surface area contributed by atoms with Gasteiger partial charge in [-0.25, -0.2) is 14.8 Å². The molecule has 13 heteroatoms. The molecule has 0 bridgehead atoms. The molecule has 4 aromatic heterocycles. The number of nitrogens with zero attached hydrogens (tertiary/aromatic N) is 7. The summed E-state index contributed by atoms with van der Waals surface area (Å²) in [5, 5.41) is 21.8. The highest BCUT2D eigenvalue weighted by atomic mass is 35.5. The summed E-state index contributed by atoms with van der Waals surface area (Å²) < 4.78 is 8.43. The highest BCUT2D eigenvalue weighted by Gasteiger charge is 2.35.